The van der Waals surface area contributed by atoms with Crippen LogP contribution in [-0.4, -0.2) is 49.7 Å². The van der Waals surface area contributed by atoms with E-state index in [0.29, 0.717) is 16.7 Å². The first-order valence-corrected chi connectivity index (χ1v) is 11.2. The second-order valence-electron chi connectivity index (χ2n) is 7.49. The molecule has 2 heterocycles. The highest BCUT2D eigenvalue weighted by Crippen LogP contribution is 2.29. The zero-order valence-electron chi connectivity index (χ0n) is 15.9. The second-order valence-corrected chi connectivity index (χ2v) is 10.9. The molecule has 0 N–H and O–H groups in total. The smallest absolute Gasteiger partial charge is 0.252 e. The number of carbonyl (C=O) groups excluding carboxylic acids is 1. The molecule has 25 heavy (non-hydrogen) atoms. The van der Waals surface area contributed by atoms with E-state index in [-0.39, 0.29) is 24.4 Å². The summed E-state index contributed by atoms with van der Waals surface area (Å²) in [5.41, 5.74) is 0. The summed E-state index contributed by atoms with van der Waals surface area (Å²) in [6.45, 7) is 9.03. The molecule has 0 aromatic carbocycles. The first kappa shape index (κ1) is 20.4. The minimum atomic E-state index is -3.49. The normalized spacial score (nSPS) is 20.6. The van der Waals surface area contributed by atoms with Gasteiger partial charge in [0.2, 0.25) is 5.91 Å². The fourth-order valence-electron chi connectivity index (χ4n) is 3.39. The van der Waals surface area contributed by atoms with Crippen LogP contribution in [0.4, 0.5) is 0 Å². The Balaban J connectivity index is 2.08. The number of carbonyl (C=O) groups is 1. The summed E-state index contributed by atoms with van der Waals surface area (Å²) in [4.78, 5) is 15.6. The van der Waals surface area contributed by atoms with E-state index in [1.165, 1.54) is 15.6 Å². The van der Waals surface area contributed by atoms with Crippen LogP contribution in [0.2, 0.25) is 0 Å². The van der Waals surface area contributed by atoms with Crippen molar-refractivity contribution in [2.45, 2.75) is 57.2 Å². The fraction of sp³-hybridized carbons (Fsp3) is 0.722. The fourth-order valence-corrected chi connectivity index (χ4v) is 6.35. The molecular formula is C18H30N2O3S2. The largest absolute Gasteiger partial charge is 0.343 e. The average molecular weight is 387 g/mol. The van der Waals surface area contributed by atoms with E-state index >= 15 is 0 Å². The van der Waals surface area contributed by atoms with Crippen molar-refractivity contribution in [3.8, 4) is 0 Å². The predicted octanol–water partition coefficient (Wildman–Crippen LogP) is 3.35. The zero-order chi connectivity index (χ0) is 18.8. The van der Waals surface area contributed by atoms with Crippen molar-refractivity contribution in [2.24, 2.45) is 11.8 Å². The first-order valence-electron chi connectivity index (χ1n) is 8.96. The highest BCUT2D eigenvalue weighted by atomic mass is 32.2. The Bertz CT molecular complexity index is 697. The molecule has 0 saturated carbocycles. The standard InChI is InChI=1S/C18H30N2O3S2/c1-13(2)11-14(3)19(5)18(21)16-7-6-10-20(12-16)25(22,23)17-9-8-15(4)24-17/h8-9,13-14,16H,6-7,10-12H2,1-5H3. The van der Waals surface area contributed by atoms with Gasteiger partial charge in [-0.3, -0.25) is 4.79 Å². The third-order valence-electron chi connectivity index (χ3n) is 4.86. The third-order valence-corrected chi connectivity index (χ3v) is 8.20. The van der Waals surface area contributed by atoms with Gasteiger partial charge < -0.3 is 4.90 Å². The monoisotopic (exact) mass is 386 g/mol. The summed E-state index contributed by atoms with van der Waals surface area (Å²) >= 11 is 1.29. The van der Waals surface area contributed by atoms with Crippen LogP contribution in [0.3, 0.4) is 0 Å². The number of sulfonamides is 1. The maximum Gasteiger partial charge on any atom is 0.252 e. The van der Waals surface area contributed by atoms with Crippen LogP contribution in [0.5, 0.6) is 0 Å². The molecule has 2 rings (SSSR count). The molecule has 1 aromatic rings. The van der Waals surface area contributed by atoms with Crippen molar-refractivity contribution in [3.05, 3.63) is 17.0 Å². The molecule has 2 unspecified atom stereocenters. The van der Waals surface area contributed by atoms with E-state index < -0.39 is 10.0 Å². The summed E-state index contributed by atoms with van der Waals surface area (Å²) < 4.78 is 27.5. The minimum absolute atomic E-state index is 0.0652. The number of aryl methyl sites for hydroxylation is 1. The maximum atomic E-state index is 12.8. The number of nitrogens with zero attached hydrogens (tertiary/aromatic N) is 2. The van der Waals surface area contributed by atoms with Crippen LogP contribution >= 0.6 is 11.3 Å². The lowest BCUT2D eigenvalue weighted by molar-refractivity contribution is -0.137. The van der Waals surface area contributed by atoms with Crippen molar-refractivity contribution in [2.75, 3.05) is 20.1 Å². The number of rotatable bonds is 6. The van der Waals surface area contributed by atoms with Crippen molar-refractivity contribution in [3.63, 3.8) is 0 Å². The number of thiophene rings is 1. The summed E-state index contributed by atoms with van der Waals surface area (Å²) in [5.74, 6) is 0.343. The average Bonchev–Trinajstić information content (AvgIpc) is 3.00. The van der Waals surface area contributed by atoms with Crippen LogP contribution in [-0.2, 0) is 14.8 Å². The molecular weight excluding hydrogens is 356 g/mol. The molecule has 0 aliphatic carbocycles. The molecule has 7 heteroatoms. The lowest BCUT2D eigenvalue weighted by atomic mass is 9.96. The van der Waals surface area contributed by atoms with Gasteiger partial charge in [0, 0.05) is 31.1 Å². The van der Waals surface area contributed by atoms with E-state index in [9.17, 15) is 13.2 Å². The van der Waals surface area contributed by atoms with Gasteiger partial charge in [0.25, 0.3) is 10.0 Å². The SMILES string of the molecule is Cc1ccc(S(=O)(=O)N2CCCC(C(=O)N(C)C(C)CC(C)C)C2)s1. The Morgan fingerprint density at radius 1 is 1.36 bits per heavy atom. The van der Waals surface area contributed by atoms with Gasteiger partial charge in [-0.25, -0.2) is 8.42 Å². The van der Waals surface area contributed by atoms with Crippen LogP contribution in [0.25, 0.3) is 0 Å². The van der Waals surface area contributed by atoms with E-state index in [4.69, 9.17) is 0 Å². The Labute approximate surface area is 156 Å². The molecule has 1 aliphatic heterocycles. The molecule has 1 amide bonds. The van der Waals surface area contributed by atoms with Gasteiger partial charge in [0.05, 0.1) is 5.92 Å². The zero-order valence-corrected chi connectivity index (χ0v) is 17.5. The Kier molecular flexibility index (Phi) is 6.68. The van der Waals surface area contributed by atoms with Gasteiger partial charge in [-0.05, 0) is 51.2 Å². The van der Waals surface area contributed by atoms with Gasteiger partial charge in [-0.1, -0.05) is 13.8 Å². The maximum absolute atomic E-state index is 12.8. The van der Waals surface area contributed by atoms with E-state index in [0.717, 1.165) is 24.1 Å². The first-order chi connectivity index (χ1) is 11.6. The van der Waals surface area contributed by atoms with Gasteiger partial charge in [0.1, 0.15) is 4.21 Å². The van der Waals surface area contributed by atoms with E-state index in [2.05, 4.69) is 20.8 Å². The summed E-state index contributed by atoms with van der Waals surface area (Å²) in [7, 11) is -1.65. The van der Waals surface area contributed by atoms with Crippen LogP contribution < -0.4 is 0 Å². The van der Waals surface area contributed by atoms with Gasteiger partial charge in [-0.2, -0.15) is 4.31 Å². The molecule has 1 aromatic heterocycles. The molecule has 0 spiro atoms. The quantitative estimate of drug-likeness (QED) is 0.753. The molecule has 5 nitrogen and oxygen atoms in total. The third kappa shape index (κ3) is 4.83. The molecule has 142 valence electrons. The van der Waals surface area contributed by atoms with Crippen LogP contribution in [0.15, 0.2) is 16.3 Å². The molecule has 1 fully saturated rings. The Hall–Kier alpha value is -0.920. The summed E-state index contributed by atoms with van der Waals surface area (Å²) in [6.07, 6.45) is 2.44. The molecule has 0 radical (unpaired) electrons. The Morgan fingerprint density at radius 2 is 2.04 bits per heavy atom. The predicted molar refractivity (Wildman–Crippen MR) is 102 cm³/mol. The number of amides is 1. The molecule has 2 atom stereocenters. The highest BCUT2D eigenvalue weighted by Gasteiger charge is 2.35. The lowest BCUT2D eigenvalue weighted by Crippen LogP contribution is -2.47. The minimum Gasteiger partial charge on any atom is -0.343 e. The Morgan fingerprint density at radius 3 is 2.60 bits per heavy atom. The summed E-state index contributed by atoms with van der Waals surface area (Å²) in [6, 6.07) is 3.66. The van der Waals surface area contributed by atoms with Crippen LogP contribution in [0.1, 0.15) is 44.9 Å². The van der Waals surface area contributed by atoms with Gasteiger partial charge >= 0.3 is 0 Å². The number of hydrogen-bond acceptors (Lipinski definition) is 4. The topological polar surface area (TPSA) is 57.7 Å². The molecule has 1 aliphatic rings. The van der Waals surface area contributed by atoms with Crippen LogP contribution in [0, 0.1) is 18.8 Å². The van der Waals surface area contributed by atoms with Crippen molar-refractivity contribution < 1.29 is 13.2 Å². The van der Waals surface area contributed by atoms with Crippen molar-refractivity contribution in [1.82, 2.24) is 9.21 Å². The van der Waals surface area contributed by atoms with E-state index in [1.807, 2.05) is 20.0 Å². The second kappa shape index (κ2) is 8.18. The van der Waals surface area contributed by atoms with Gasteiger partial charge in [0.15, 0.2) is 0 Å². The lowest BCUT2D eigenvalue weighted by Gasteiger charge is -2.35. The number of hydrogen-bond donors (Lipinski definition) is 0. The molecule has 1 saturated heterocycles. The summed E-state index contributed by atoms with van der Waals surface area (Å²) in [5, 5.41) is 0. The van der Waals surface area contributed by atoms with E-state index in [1.54, 1.807) is 11.0 Å². The van der Waals surface area contributed by atoms with Crippen molar-refractivity contribution >= 4 is 27.3 Å². The van der Waals surface area contributed by atoms with Gasteiger partial charge in [-0.15, -0.1) is 11.3 Å². The highest BCUT2D eigenvalue weighted by molar-refractivity contribution is 7.91. The number of piperidine rings is 1. The van der Waals surface area contributed by atoms with Crippen molar-refractivity contribution in [1.29, 1.82) is 0 Å². The molecule has 0 bridgehead atoms.